The van der Waals surface area contributed by atoms with Gasteiger partial charge in [0.2, 0.25) is 5.91 Å². The Morgan fingerprint density at radius 3 is 2.36 bits per heavy atom. The summed E-state index contributed by atoms with van der Waals surface area (Å²) in [5.74, 6) is -1.09. The number of ether oxygens (including phenoxy) is 1. The van der Waals surface area contributed by atoms with Gasteiger partial charge in [-0.3, -0.25) is 24.6 Å². The quantitative estimate of drug-likeness (QED) is 0.277. The van der Waals surface area contributed by atoms with Gasteiger partial charge in [0.15, 0.2) is 0 Å². The summed E-state index contributed by atoms with van der Waals surface area (Å²) in [4.78, 5) is 51.9. The normalized spacial score (nSPS) is 22.8. The second kappa shape index (κ2) is 8.51. The van der Waals surface area contributed by atoms with Crippen molar-refractivity contribution in [3.8, 4) is 0 Å². The van der Waals surface area contributed by atoms with Crippen LogP contribution in [0, 0.1) is 10.1 Å². The number of carbonyl (C=O) groups is 3. The van der Waals surface area contributed by atoms with Gasteiger partial charge in [-0.25, -0.2) is 4.79 Å². The molecule has 2 aliphatic heterocycles. The Kier molecular flexibility index (Phi) is 5.87. The fraction of sp³-hybridized carbons (Fsp3) is 0.348. The van der Waals surface area contributed by atoms with Gasteiger partial charge < -0.3 is 9.64 Å². The number of hydrogen-bond acceptors (Lipinski definition) is 7. The number of esters is 1. The van der Waals surface area contributed by atoms with Gasteiger partial charge in [0.05, 0.1) is 4.92 Å². The van der Waals surface area contributed by atoms with Crippen LogP contribution in [-0.2, 0) is 25.7 Å². The van der Waals surface area contributed by atoms with E-state index >= 15 is 0 Å². The van der Waals surface area contributed by atoms with Crippen molar-refractivity contribution in [1.29, 1.82) is 0 Å². The zero-order valence-electron chi connectivity index (χ0n) is 18.3. The summed E-state index contributed by atoms with van der Waals surface area (Å²) in [5, 5.41) is 10.4. The van der Waals surface area contributed by atoms with Gasteiger partial charge in [0.1, 0.15) is 24.1 Å². The lowest BCUT2D eigenvalue weighted by atomic mass is 9.94. The van der Waals surface area contributed by atoms with E-state index in [4.69, 9.17) is 4.74 Å². The van der Waals surface area contributed by atoms with Crippen LogP contribution in [0.4, 0.5) is 11.4 Å². The lowest BCUT2D eigenvalue weighted by Gasteiger charge is -2.48. The molecule has 3 atom stereocenters. The Balaban J connectivity index is 1.49. The predicted molar refractivity (Wildman–Crippen MR) is 122 cm³/mol. The minimum atomic E-state index is -0.807. The molecule has 4 rings (SSSR count). The molecule has 2 aliphatic rings. The number of para-hydroxylation sites is 1. The van der Waals surface area contributed by atoms with Gasteiger partial charge in [-0.2, -0.15) is 0 Å². The second-order valence-corrected chi connectivity index (χ2v) is 10.2. The molecule has 0 spiro atoms. The average molecular weight is 470 g/mol. The fourth-order valence-electron chi connectivity index (χ4n) is 4.29. The summed E-state index contributed by atoms with van der Waals surface area (Å²) < 4.78 is 4.86. The monoisotopic (exact) mass is 469 g/mol. The van der Waals surface area contributed by atoms with Crippen LogP contribution < -0.4 is 4.90 Å². The number of amides is 2. The molecule has 0 N–H and O–H groups in total. The van der Waals surface area contributed by atoms with Crippen LogP contribution in [0.2, 0.25) is 0 Å². The topological polar surface area (TPSA) is 110 Å². The first-order valence-electron chi connectivity index (χ1n) is 10.4. The van der Waals surface area contributed by atoms with Crippen molar-refractivity contribution in [2.45, 2.75) is 49.6 Å². The number of nitro groups is 1. The molecule has 10 heteroatoms. The molecular weight excluding hydrogens is 446 g/mol. The zero-order chi connectivity index (χ0) is 23.9. The number of hydrogen-bond donors (Lipinski definition) is 0. The molecule has 2 aromatic carbocycles. The summed E-state index contributed by atoms with van der Waals surface area (Å²) in [6, 6.07) is 13.2. The van der Waals surface area contributed by atoms with Crippen LogP contribution in [0.5, 0.6) is 0 Å². The molecule has 0 aromatic heterocycles. The Labute approximate surface area is 194 Å². The van der Waals surface area contributed by atoms with E-state index < -0.39 is 27.7 Å². The van der Waals surface area contributed by atoms with Gasteiger partial charge in [0, 0.05) is 29.5 Å². The van der Waals surface area contributed by atoms with E-state index in [2.05, 4.69) is 0 Å². The molecule has 0 bridgehead atoms. The third-order valence-electron chi connectivity index (χ3n) is 5.82. The van der Waals surface area contributed by atoms with Crippen LogP contribution in [0.15, 0.2) is 54.6 Å². The lowest BCUT2D eigenvalue weighted by Crippen LogP contribution is -2.71. The first-order chi connectivity index (χ1) is 15.6. The Morgan fingerprint density at radius 2 is 1.79 bits per heavy atom. The minimum absolute atomic E-state index is 0.0492. The number of fused-ring (bicyclic) bond motifs is 1. The average Bonchev–Trinajstić information content (AvgIpc) is 3.03. The van der Waals surface area contributed by atoms with Crippen LogP contribution in [0.25, 0.3) is 0 Å². The highest BCUT2D eigenvalue weighted by Crippen LogP contribution is 2.52. The van der Waals surface area contributed by atoms with Crippen molar-refractivity contribution in [1.82, 2.24) is 4.90 Å². The maximum absolute atomic E-state index is 13.2. The third-order valence-corrected chi connectivity index (χ3v) is 7.37. The second-order valence-electron chi connectivity index (χ2n) is 8.46. The summed E-state index contributed by atoms with van der Waals surface area (Å²) in [7, 11) is 0. The van der Waals surface area contributed by atoms with E-state index in [1.165, 1.54) is 52.8 Å². The van der Waals surface area contributed by atoms with E-state index in [1.807, 2.05) is 19.9 Å². The van der Waals surface area contributed by atoms with Crippen molar-refractivity contribution in [2.24, 2.45) is 0 Å². The predicted octanol–water partition coefficient (Wildman–Crippen LogP) is 3.12. The lowest BCUT2D eigenvalue weighted by molar-refractivity contribution is -0.384. The number of nitro benzene ring substituents is 1. The van der Waals surface area contributed by atoms with Crippen LogP contribution >= 0.6 is 11.8 Å². The molecule has 2 fully saturated rings. The molecule has 9 nitrogen and oxygen atoms in total. The highest BCUT2D eigenvalue weighted by Gasteiger charge is 2.66. The number of carbonyl (C=O) groups excluding carboxylic acids is 3. The first-order valence-corrected chi connectivity index (χ1v) is 11.2. The van der Waals surface area contributed by atoms with Gasteiger partial charge in [-0.05, 0) is 43.7 Å². The largest absolute Gasteiger partial charge is 0.459 e. The Morgan fingerprint density at radius 1 is 1.15 bits per heavy atom. The zero-order valence-corrected chi connectivity index (χ0v) is 19.2. The van der Waals surface area contributed by atoms with Crippen LogP contribution in [0.3, 0.4) is 0 Å². The minimum Gasteiger partial charge on any atom is -0.459 e. The number of β-lactam (4-membered cyclic amide) rings is 1. The maximum atomic E-state index is 13.2. The summed E-state index contributed by atoms with van der Waals surface area (Å²) in [5.41, 5.74) is 1.19. The fourth-order valence-corrected chi connectivity index (χ4v) is 5.95. The molecule has 2 heterocycles. The highest BCUT2D eigenvalue weighted by molar-refractivity contribution is 8.01. The standard InChI is InChI=1S/C23H23N3O6S/c1-14(27)24(16-7-5-4-6-8-16)18-20(28)25-19(23(2,3)33-21(18)25)22(29)32-13-15-9-11-17(12-10-15)26(30)31/h4-12,18-19,21H,13H2,1-3H3. The SMILES string of the molecule is CC(=O)N(c1ccccc1)C1C(=O)N2C1SC(C)(C)C2C(=O)OCc1ccc([N+](=O)[O-])cc1. The van der Waals surface area contributed by atoms with Gasteiger partial charge in [0.25, 0.3) is 11.6 Å². The third kappa shape index (κ3) is 4.06. The van der Waals surface area contributed by atoms with Crippen LogP contribution in [-0.4, -0.2) is 49.8 Å². The number of anilines is 1. The highest BCUT2D eigenvalue weighted by atomic mass is 32.2. The van der Waals surface area contributed by atoms with E-state index in [0.29, 0.717) is 11.3 Å². The van der Waals surface area contributed by atoms with E-state index in [9.17, 15) is 24.5 Å². The van der Waals surface area contributed by atoms with Gasteiger partial charge in [-0.1, -0.05) is 18.2 Å². The summed E-state index contributed by atoms with van der Waals surface area (Å²) >= 11 is 1.47. The molecule has 0 radical (unpaired) electrons. The van der Waals surface area contributed by atoms with Crippen molar-refractivity contribution in [3.05, 3.63) is 70.3 Å². The van der Waals surface area contributed by atoms with Crippen LogP contribution in [0.1, 0.15) is 26.3 Å². The molecule has 2 saturated heterocycles. The van der Waals surface area contributed by atoms with Gasteiger partial charge >= 0.3 is 5.97 Å². The van der Waals surface area contributed by atoms with Crippen molar-refractivity contribution in [2.75, 3.05) is 4.90 Å². The van der Waals surface area contributed by atoms with E-state index in [1.54, 1.807) is 24.3 Å². The number of non-ortho nitro benzene ring substituents is 1. The molecule has 172 valence electrons. The maximum Gasteiger partial charge on any atom is 0.330 e. The van der Waals surface area contributed by atoms with E-state index in [0.717, 1.165) is 0 Å². The molecule has 0 saturated carbocycles. The van der Waals surface area contributed by atoms with Crippen molar-refractivity contribution in [3.63, 3.8) is 0 Å². The molecule has 2 amide bonds. The first kappa shape index (κ1) is 22.8. The van der Waals surface area contributed by atoms with E-state index in [-0.39, 0.29) is 29.5 Å². The molecule has 33 heavy (non-hydrogen) atoms. The number of rotatable bonds is 6. The Hall–Kier alpha value is -3.40. The number of benzene rings is 2. The summed E-state index contributed by atoms with van der Waals surface area (Å²) in [6.07, 6.45) is 0. The Bertz CT molecular complexity index is 1100. The number of thioether (sulfide) groups is 1. The molecule has 0 aliphatic carbocycles. The van der Waals surface area contributed by atoms with Gasteiger partial charge in [-0.15, -0.1) is 11.8 Å². The van der Waals surface area contributed by atoms with Crippen molar-refractivity contribution >= 4 is 40.9 Å². The summed E-state index contributed by atoms with van der Waals surface area (Å²) in [6.45, 7) is 5.11. The molecular formula is C23H23N3O6S. The molecule has 3 unspecified atom stereocenters. The smallest absolute Gasteiger partial charge is 0.330 e. The van der Waals surface area contributed by atoms with Crippen molar-refractivity contribution < 1.29 is 24.0 Å². The molecule has 2 aromatic rings. The number of nitrogens with zero attached hydrogens (tertiary/aromatic N) is 3.